The number of aliphatic hydroxyl groups is 1. The van der Waals surface area contributed by atoms with Gasteiger partial charge in [0.1, 0.15) is 17.9 Å². The molecule has 2 aliphatic rings. The number of nitrogens with one attached hydrogen (secondary N) is 1. The first kappa shape index (κ1) is 24.4. The summed E-state index contributed by atoms with van der Waals surface area (Å²) in [5, 5.41) is 22.1. The molecule has 0 radical (unpaired) electrons. The lowest BCUT2D eigenvalue weighted by Gasteiger charge is -2.63. The summed E-state index contributed by atoms with van der Waals surface area (Å²) in [6.45, 7) is 10.3. The fourth-order valence-electron chi connectivity index (χ4n) is 5.85. The molecule has 1 unspecified atom stereocenters. The Morgan fingerprint density at radius 2 is 1.88 bits per heavy atom. The second-order valence-corrected chi connectivity index (χ2v) is 11.0. The number of amides is 1. The van der Waals surface area contributed by atoms with Gasteiger partial charge in [0, 0.05) is 59.8 Å². The van der Waals surface area contributed by atoms with Gasteiger partial charge in [-0.05, 0) is 42.8 Å². The molecule has 0 aromatic heterocycles. The molecule has 2 N–H and O–H groups in total. The molecule has 34 heavy (non-hydrogen) atoms. The van der Waals surface area contributed by atoms with Crippen molar-refractivity contribution in [3.8, 4) is 11.8 Å². The third kappa shape index (κ3) is 4.35. The van der Waals surface area contributed by atoms with E-state index in [2.05, 4.69) is 44.0 Å². The molecule has 6 nitrogen and oxygen atoms in total. The van der Waals surface area contributed by atoms with Crippen LogP contribution >= 0.6 is 11.6 Å². The van der Waals surface area contributed by atoms with Crippen molar-refractivity contribution in [3.63, 3.8) is 0 Å². The van der Waals surface area contributed by atoms with E-state index in [4.69, 9.17) is 21.6 Å². The van der Waals surface area contributed by atoms with Gasteiger partial charge in [0.25, 0.3) is 5.91 Å². The smallest absolute Gasteiger partial charge is 0.251 e. The zero-order valence-corrected chi connectivity index (χ0v) is 20.9. The lowest BCUT2D eigenvalue weighted by Crippen LogP contribution is -2.74. The second kappa shape index (κ2) is 9.13. The number of benzene rings is 2. The van der Waals surface area contributed by atoms with Crippen LogP contribution in [0.5, 0.6) is 5.75 Å². The Morgan fingerprint density at radius 1 is 1.21 bits per heavy atom. The van der Waals surface area contributed by atoms with Gasteiger partial charge >= 0.3 is 0 Å². The van der Waals surface area contributed by atoms with Gasteiger partial charge in [-0.25, -0.2) is 0 Å². The monoisotopic (exact) mass is 481 g/mol. The van der Waals surface area contributed by atoms with E-state index in [1.165, 1.54) is 0 Å². The van der Waals surface area contributed by atoms with Crippen molar-refractivity contribution in [3.05, 3.63) is 58.6 Å². The number of hydrogen-bond donors (Lipinski definition) is 2. The van der Waals surface area contributed by atoms with Gasteiger partial charge in [0.05, 0.1) is 10.6 Å². The molecule has 0 bridgehead atoms. The predicted octanol–water partition coefficient (Wildman–Crippen LogP) is 4.64. The fourth-order valence-corrected chi connectivity index (χ4v) is 6.06. The highest BCUT2D eigenvalue weighted by atomic mass is 35.5. The van der Waals surface area contributed by atoms with Crippen molar-refractivity contribution >= 4 is 23.2 Å². The van der Waals surface area contributed by atoms with E-state index in [1.54, 1.807) is 18.2 Å². The molecule has 2 aromatic rings. The maximum absolute atomic E-state index is 13.1. The molecule has 1 heterocycles. The molecule has 1 saturated carbocycles. The van der Waals surface area contributed by atoms with E-state index in [-0.39, 0.29) is 35.5 Å². The van der Waals surface area contributed by atoms with Crippen LogP contribution < -0.4 is 15.0 Å². The zero-order valence-electron chi connectivity index (χ0n) is 20.1. The molecule has 2 aromatic carbocycles. The van der Waals surface area contributed by atoms with Crippen LogP contribution in [0.4, 0.5) is 5.69 Å². The minimum absolute atomic E-state index is 0.0880. The van der Waals surface area contributed by atoms with Crippen LogP contribution in [0.25, 0.3) is 0 Å². The molecule has 1 aliphatic carbocycles. The summed E-state index contributed by atoms with van der Waals surface area (Å²) in [6.07, 6.45) is 0.842. The lowest BCUT2D eigenvalue weighted by atomic mass is 9.49. The summed E-state index contributed by atoms with van der Waals surface area (Å²) < 4.78 is 6.30. The van der Waals surface area contributed by atoms with Crippen molar-refractivity contribution in [2.24, 2.45) is 16.7 Å². The molecule has 7 heteroatoms. The number of hydrogen-bond acceptors (Lipinski definition) is 5. The van der Waals surface area contributed by atoms with E-state index in [0.717, 1.165) is 25.2 Å². The Labute approximate surface area is 206 Å². The van der Waals surface area contributed by atoms with E-state index < -0.39 is 0 Å². The maximum Gasteiger partial charge on any atom is 0.251 e. The Balaban J connectivity index is 1.42. The number of nitrogens with zero attached hydrogens (tertiary/aromatic N) is 2. The predicted molar refractivity (Wildman–Crippen MR) is 133 cm³/mol. The number of carbonyl (C=O) groups excluding carboxylic acids is 1. The van der Waals surface area contributed by atoms with Crippen LogP contribution in [-0.4, -0.2) is 42.9 Å². The summed E-state index contributed by atoms with van der Waals surface area (Å²) in [6, 6.07) is 14.7. The van der Waals surface area contributed by atoms with Gasteiger partial charge in [0.15, 0.2) is 0 Å². The normalized spacial score (nSPS) is 24.7. The van der Waals surface area contributed by atoms with Gasteiger partial charge in [-0.3, -0.25) is 4.79 Å². The largest absolute Gasteiger partial charge is 0.489 e. The summed E-state index contributed by atoms with van der Waals surface area (Å²) in [7, 11) is 0. The molecule has 2 fully saturated rings. The summed E-state index contributed by atoms with van der Waals surface area (Å²) in [5.74, 6) is 0.828. The molecule has 1 saturated heterocycles. The Hall–Kier alpha value is -2.75. The number of halogens is 1. The van der Waals surface area contributed by atoms with Crippen molar-refractivity contribution in [2.45, 2.75) is 46.3 Å². The van der Waals surface area contributed by atoms with Crippen LogP contribution in [0.3, 0.4) is 0 Å². The Kier molecular flexibility index (Phi) is 6.54. The maximum atomic E-state index is 13.1. The Bertz CT molecular complexity index is 1090. The standard InChI is InChI=1S/C27H32ClN3O3/c1-26(2)24(27(3,4)25(26)34-21-10-7-19(14-29)22(28)13-21)30-23(33)18-5-8-20(9-6-18)31-12-11-17(15-31)16-32/h5-10,13,17,24-25,32H,11-12,15-16H2,1-4H3,(H,30,33). The molecular weight excluding hydrogens is 450 g/mol. The minimum Gasteiger partial charge on any atom is -0.489 e. The highest BCUT2D eigenvalue weighted by Crippen LogP contribution is 2.55. The quantitative estimate of drug-likeness (QED) is 0.627. The Morgan fingerprint density at radius 3 is 2.44 bits per heavy atom. The number of carbonyl (C=O) groups is 1. The highest BCUT2D eigenvalue weighted by molar-refractivity contribution is 6.31. The first-order chi connectivity index (χ1) is 16.1. The number of rotatable bonds is 6. The van der Waals surface area contributed by atoms with Crippen molar-refractivity contribution in [1.82, 2.24) is 5.32 Å². The van der Waals surface area contributed by atoms with Gasteiger partial charge < -0.3 is 20.1 Å². The lowest BCUT2D eigenvalue weighted by molar-refractivity contribution is -0.164. The number of aliphatic hydroxyl groups excluding tert-OH is 1. The van der Waals surface area contributed by atoms with Crippen LogP contribution in [0.1, 0.15) is 50.0 Å². The van der Waals surface area contributed by atoms with E-state index in [0.29, 0.717) is 27.8 Å². The van der Waals surface area contributed by atoms with E-state index >= 15 is 0 Å². The van der Waals surface area contributed by atoms with Crippen molar-refractivity contribution in [2.75, 3.05) is 24.6 Å². The molecule has 0 spiro atoms. The van der Waals surface area contributed by atoms with Crippen molar-refractivity contribution < 1.29 is 14.6 Å². The van der Waals surface area contributed by atoms with Crippen LogP contribution in [0.2, 0.25) is 5.02 Å². The number of anilines is 1. The van der Waals surface area contributed by atoms with Gasteiger partial charge in [-0.15, -0.1) is 0 Å². The molecule has 180 valence electrons. The molecular formula is C27H32ClN3O3. The first-order valence-corrected chi connectivity index (χ1v) is 12.1. The summed E-state index contributed by atoms with van der Waals surface area (Å²) in [5.41, 5.74) is 1.49. The minimum atomic E-state index is -0.311. The van der Waals surface area contributed by atoms with Gasteiger partial charge in [0.2, 0.25) is 0 Å². The van der Waals surface area contributed by atoms with Gasteiger partial charge in [-0.2, -0.15) is 5.26 Å². The van der Waals surface area contributed by atoms with Crippen LogP contribution in [-0.2, 0) is 0 Å². The van der Waals surface area contributed by atoms with E-state index in [9.17, 15) is 9.90 Å². The van der Waals surface area contributed by atoms with Crippen LogP contribution in [0.15, 0.2) is 42.5 Å². The molecule has 1 atom stereocenters. The highest BCUT2D eigenvalue weighted by Gasteiger charge is 2.64. The molecule has 4 rings (SSSR count). The zero-order chi connectivity index (χ0) is 24.7. The number of nitriles is 1. The first-order valence-electron chi connectivity index (χ1n) is 11.7. The average Bonchev–Trinajstić information content (AvgIpc) is 3.30. The fraction of sp³-hybridized carbons (Fsp3) is 0.481. The molecule has 1 amide bonds. The third-order valence-corrected chi connectivity index (χ3v) is 7.78. The topological polar surface area (TPSA) is 85.6 Å². The SMILES string of the molecule is CC1(C)C(NC(=O)c2ccc(N3CCC(CO)C3)cc2)C(C)(C)C1Oc1ccc(C#N)c(Cl)c1. The molecule has 1 aliphatic heterocycles. The van der Waals surface area contributed by atoms with E-state index in [1.807, 2.05) is 24.3 Å². The summed E-state index contributed by atoms with van der Waals surface area (Å²) in [4.78, 5) is 15.3. The van der Waals surface area contributed by atoms with Crippen molar-refractivity contribution in [1.29, 1.82) is 5.26 Å². The van der Waals surface area contributed by atoms with Crippen LogP contribution in [0, 0.1) is 28.1 Å². The summed E-state index contributed by atoms with van der Waals surface area (Å²) >= 11 is 6.18. The number of ether oxygens (including phenoxy) is 1. The third-order valence-electron chi connectivity index (χ3n) is 7.47. The average molecular weight is 482 g/mol. The van der Waals surface area contributed by atoms with Gasteiger partial charge in [-0.1, -0.05) is 39.3 Å². The second-order valence-electron chi connectivity index (χ2n) is 10.6.